The number of aliphatic hydroxyl groups is 1. The number of hydrogen-bond acceptors (Lipinski definition) is 4. The highest BCUT2D eigenvalue weighted by Gasteiger charge is 2.29. The SMILES string of the molecule is CNC(C)(CO)CC(C)N1CCC(CN2CCCC2)CC1. The molecule has 2 N–H and O–H groups in total. The Kier molecular flexibility index (Phi) is 6.48. The van der Waals surface area contributed by atoms with Gasteiger partial charge >= 0.3 is 0 Å². The molecule has 2 aliphatic heterocycles. The van der Waals surface area contributed by atoms with Crippen LogP contribution in [-0.4, -0.2) is 72.9 Å². The fourth-order valence-electron chi connectivity index (χ4n) is 3.93. The number of piperidine rings is 1. The normalized spacial score (nSPS) is 26.9. The number of likely N-dealkylation sites (N-methyl/N-ethyl adjacent to an activating group) is 1. The van der Waals surface area contributed by atoms with Crippen LogP contribution in [0.15, 0.2) is 0 Å². The van der Waals surface area contributed by atoms with Gasteiger partial charge in [-0.1, -0.05) is 0 Å². The van der Waals surface area contributed by atoms with Crippen LogP contribution in [0, 0.1) is 5.92 Å². The van der Waals surface area contributed by atoms with Crippen molar-refractivity contribution >= 4 is 0 Å². The van der Waals surface area contributed by atoms with Crippen LogP contribution in [0.2, 0.25) is 0 Å². The number of nitrogens with one attached hydrogen (secondary N) is 1. The van der Waals surface area contributed by atoms with Crippen LogP contribution in [0.25, 0.3) is 0 Å². The number of hydrogen-bond donors (Lipinski definition) is 2. The van der Waals surface area contributed by atoms with Crippen LogP contribution in [0.3, 0.4) is 0 Å². The van der Waals surface area contributed by atoms with Crippen LogP contribution in [0.4, 0.5) is 0 Å². The lowest BCUT2D eigenvalue weighted by atomic mass is 9.90. The molecule has 0 aliphatic carbocycles. The maximum absolute atomic E-state index is 9.55. The summed E-state index contributed by atoms with van der Waals surface area (Å²) in [6.45, 7) is 11.1. The summed E-state index contributed by atoms with van der Waals surface area (Å²) < 4.78 is 0. The van der Waals surface area contributed by atoms with E-state index in [2.05, 4.69) is 29.0 Å². The molecule has 0 spiro atoms. The maximum Gasteiger partial charge on any atom is 0.0611 e. The van der Waals surface area contributed by atoms with E-state index in [1.54, 1.807) is 0 Å². The van der Waals surface area contributed by atoms with Crippen molar-refractivity contribution in [2.75, 3.05) is 46.4 Å². The van der Waals surface area contributed by atoms with Gasteiger partial charge in [-0.25, -0.2) is 0 Å². The molecule has 4 heteroatoms. The molecule has 0 amide bonds. The molecular weight excluding hydrogens is 262 g/mol. The van der Waals surface area contributed by atoms with Crippen molar-refractivity contribution in [3.63, 3.8) is 0 Å². The summed E-state index contributed by atoms with van der Waals surface area (Å²) in [7, 11) is 1.95. The molecule has 0 saturated carbocycles. The van der Waals surface area contributed by atoms with E-state index in [9.17, 15) is 5.11 Å². The van der Waals surface area contributed by atoms with Crippen molar-refractivity contribution in [2.45, 2.75) is 57.5 Å². The number of nitrogens with zero attached hydrogens (tertiary/aromatic N) is 2. The van der Waals surface area contributed by atoms with E-state index in [4.69, 9.17) is 0 Å². The lowest BCUT2D eigenvalue weighted by Crippen LogP contribution is -2.50. The highest BCUT2D eigenvalue weighted by Crippen LogP contribution is 2.24. The molecule has 2 atom stereocenters. The Morgan fingerprint density at radius 3 is 2.33 bits per heavy atom. The fraction of sp³-hybridized carbons (Fsp3) is 1.00. The zero-order chi connectivity index (χ0) is 15.3. The Morgan fingerprint density at radius 2 is 1.81 bits per heavy atom. The summed E-state index contributed by atoms with van der Waals surface area (Å²) in [6.07, 6.45) is 6.50. The Morgan fingerprint density at radius 1 is 1.19 bits per heavy atom. The van der Waals surface area contributed by atoms with E-state index in [1.807, 2.05) is 7.05 Å². The molecule has 2 aliphatic rings. The first kappa shape index (κ1) is 17.2. The van der Waals surface area contributed by atoms with Gasteiger partial charge in [0.05, 0.1) is 6.61 Å². The second-order valence-corrected chi connectivity index (χ2v) is 7.51. The van der Waals surface area contributed by atoms with E-state index in [0.29, 0.717) is 6.04 Å². The molecule has 2 saturated heterocycles. The van der Waals surface area contributed by atoms with Gasteiger partial charge in [-0.05, 0) is 85.1 Å². The molecule has 2 unspecified atom stereocenters. The Bertz CT molecular complexity index is 292. The van der Waals surface area contributed by atoms with E-state index in [0.717, 1.165) is 12.3 Å². The minimum absolute atomic E-state index is 0.147. The van der Waals surface area contributed by atoms with E-state index in [1.165, 1.54) is 58.4 Å². The van der Waals surface area contributed by atoms with Gasteiger partial charge < -0.3 is 20.2 Å². The predicted molar refractivity (Wildman–Crippen MR) is 88.6 cm³/mol. The van der Waals surface area contributed by atoms with Crippen molar-refractivity contribution in [1.29, 1.82) is 0 Å². The molecule has 4 nitrogen and oxygen atoms in total. The molecular formula is C17H35N3O. The van der Waals surface area contributed by atoms with Gasteiger partial charge in [0.15, 0.2) is 0 Å². The number of rotatable bonds is 7. The van der Waals surface area contributed by atoms with Crippen LogP contribution in [0.1, 0.15) is 46.0 Å². The van der Waals surface area contributed by atoms with Gasteiger partial charge in [-0.2, -0.15) is 0 Å². The van der Waals surface area contributed by atoms with Gasteiger partial charge in [0.25, 0.3) is 0 Å². The lowest BCUT2D eigenvalue weighted by molar-refractivity contribution is 0.0856. The van der Waals surface area contributed by atoms with Crippen LogP contribution >= 0.6 is 0 Å². The van der Waals surface area contributed by atoms with Gasteiger partial charge in [0, 0.05) is 18.1 Å². The predicted octanol–water partition coefficient (Wildman–Crippen LogP) is 1.54. The first-order valence-corrected chi connectivity index (χ1v) is 8.82. The number of likely N-dealkylation sites (tertiary alicyclic amines) is 2. The minimum Gasteiger partial charge on any atom is -0.394 e. The first-order valence-electron chi connectivity index (χ1n) is 8.82. The van der Waals surface area contributed by atoms with Crippen molar-refractivity contribution in [2.24, 2.45) is 5.92 Å². The van der Waals surface area contributed by atoms with Crippen LogP contribution in [-0.2, 0) is 0 Å². The lowest BCUT2D eigenvalue weighted by Gasteiger charge is -2.40. The molecule has 21 heavy (non-hydrogen) atoms. The summed E-state index contributed by atoms with van der Waals surface area (Å²) in [5.74, 6) is 0.903. The van der Waals surface area contributed by atoms with E-state index >= 15 is 0 Å². The second kappa shape index (κ2) is 7.91. The van der Waals surface area contributed by atoms with Gasteiger partial charge in [-0.15, -0.1) is 0 Å². The minimum atomic E-state index is -0.147. The third kappa shape index (κ3) is 4.92. The standard InChI is InChI=1S/C17H35N3O/c1-15(12-17(2,14-21)18-3)20-10-6-16(7-11-20)13-19-8-4-5-9-19/h15-16,18,21H,4-14H2,1-3H3. The molecule has 2 rings (SSSR count). The smallest absolute Gasteiger partial charge is 0.0611 e. The van der Waals surface area contributed by atoms with Crippen molar-refractivity contribution in [1.82, 2.24) is 15.1 Å². The van der Waals surface area contributed by atoms with Crippen LogP contribution < -0.4 is 5.32 Å². The third-order valence-electron chi connectivity index (χ3n) is 5.69. The highest BCUT2D eigenvalue weighted by molar-refractivity contribution is 4.87. The Hall–Kier alpha value is -0.160. The molecule has 2 fully saturated rings. The van der Waals surface area contributed by atoms with E-state index < -0.39 is 0 Å². The number of aliphatic hydroxyl groups excluding tert-OH is 1. The molecule has 124 valence electrons. The van der Waals surface area contributed by atoms with Gasteiger partial charge in [0.2, 0.25) is 0 Å². The summed E-state index contributed by atoms with van der Waals surface area (Å²) in [6, 6.07) is 0.544. The quantitative estimate of drug-likeness (QED) is 0.748. The zero-order valence-electron chi connectivity index (χ0n) is 14.3. The Balaban J connectivity index is 1.72. The molecule has 2 heterocycles. The van der Waals surface area contributed by atoms with Crippen molar-refractivity contribution < 1.29 is 5.11 Å². The molecule has 0 radical (unpaired) electrons. The maximum atomic E-state index is 9.55. The second-order valence-electron chi connectivity index (χ2n) is 7.51. The first-order chi connectivity index (χ1) is 10.1. The Labute approximate surface area is 130 Å². The zero-order valence-corrected chi connectivity index (χ0v) is 14.3. The van der Waals surface area contributed by atoms with Crippen molar-refractivity contribution in [3.8, 4) is 0 Å². The fourth-order valence-corrected chi connectivity index (χ4v) is 3.93. The molecule has 0 aromatic heterocycles. The summed E-state index contributed by atoms with van der Waals surface area (Å²) >= 11 is 0. The summed E-state index contributed by atoms with van der Waals surface area (Å²) in [5, 5.41) is 12.8. The van der Waals surface area contributed by atoms with Gasteiger partial charge in [0.1, 0.15) is 0 Å². The molecule has 0 aromatic rings. The summed E-state index contributed by atoms with van der Waals surface area (Å²) in [5.41, 5.74) is -0.147. The highest BCUT2D eigenvalue weighted by atomic mass is 16.3. The topological polar surface area (TPSA) is 38.7 Å². The largest absolute Gasteiger partial charge is 0.394 e. The third-order valence-corrected chi connectivity index (χ3v) is 5.69. The molecule has 0 bridgehead atoms. The summed E-state index contributed by atoms with van der Waals surface area (Å²) in [4.78, 5) is 5.28. The molecule has 0 aromatic carbocycles. The average Bonchev–Trinajstić information content (AvgIpc) is 3.00. The van der Waals surface area contributed by atoms with Crippen LogP contribution in [0.5, 0.6) is 0 Å². The van der Waals surface area contributed by atoms with E-state index in [-0.39, 0.29) is 12.1 Å². The average molecular weight is 297 g/mol. The van der Waals surface area contributed by atoms with Crippen molar-refractivity contribution in [3.05, 3.63) is 0 Å². The monoisotopic (exact) mass is 297 g/mol. The van der Waals surface area contributed by atoms with Gasteiger partial charge in [-0.3, -0.25) is 0 Å².